The Kier molecular flexibility index (Phi) is 8.47. The Balaban J connectivity index is 2.61. The van der Waals surface area contributed by atoms with Gasteiger partial charge in [-0.1, -0.05) is 39.8 Å². The van der Waals surface area contributed by atoms with Crippen molar-refractivity contribution in [2.75, 3.05) is 19.6 Å². The lowest BCUT2D eigenvalue weighted by atomic mass is 10.0. The highest BCUT2D eigenvalue weighted by Gasteiger charge is 2.20. The third-order valence-electron chi connectivity index (χ3n) is 4.28. The van der Waals surface area contributed by atoms with Crippen molar-refractivity contribution in [3.63, 3.8) is 0 Å². The lowest BCUT2D eigenvalue weighted by molar-refractivity contribution is -0.119. The van der Waals surface area contributed by atoms with E-state index in [1.807, 2.05) is 12.1 Å². The SMILES string of the molecule is CCN(CC)C(CNC(=O)c1ccc(CNC(C)=O)cc1)C(C)C. The fraction of sp³-hybridized carbons (Fsp3) is 0.579. The monoisotopic (exact) mass is 333 g/mol. The molecule has 24 heavy (non-hydrogen) atoms. The summed E-state index contributed by atoms with van der Waals surface area (Å²) < 4.78 is 0. The highest BCUT2D eigenvalue weighted by molar-refractivity contribution is 5.94. The molecule has 0 spiro atoms. The van der Waals surface area contributed by atoms with E-state index in [-0.39, 0.29) is 11.8 Å². The van der Waals surface area contributed by atoms with Gasteiger partial charge in [0.2, 0.25) is 5.91 Å². The van der Waals surface area contributed by atoms with Crippen molar-refractivity contribution in [2.45, 2.75) is 47.2 Å². The molecule has 1 aromatic carbocycles. The van der Waals surface area contributed by atoms with Gasteiger partial charge in [-0.25, -0.2) is 0 Å². The summed E-state index contributed by atoms with van der Waals surface area (Å²) in [6.07, 6.45) is 0. The molecule has 1 rings (SSSR count). The minimum Gasteiger partial charge on any atom is -0.352 e. The molecule has 5 heteroatoms. The van der Waals surface area contributed by atoms with Gasteiger partial charge in [0.1, 0.15) is 0 Å². The smallest absolute Gasteiger partial charge is 0.251 e. The van der Waals surface area contributed by atoms with E-state index in [9.17, 15) is 9.59 Å². The molecule has 0 fully saturated rings. The third-order valence-corrected chi connectivity index (χ3v) is 4.28. The zero-order chi connectivity index (χ0) is 18.1. The number of nitrogens with zero attached hydrogens (tertiary/aromatic N) is 1. The van der Waals surface area contributed by atoms with Gasteiger partial charge in [0.25, 0.3) is 5.91 Å². The van der Waals surface area contributed by atoms with E-state index < -0.39 is 0 Å². The second-order valence-electron chi connectivity index (χ2n) is 6.35. The van der Waals surface area contributed by atoms with E-state index in [4.69, 9.17) is 0 Å². The molecule has 0 aliphatic rings. The van der Waals surface area contributed by atoms with Gasteiger partial charge in [0.05, 0.1) is 0 Å². The number of rotatable bonds is 9. The average Bonchev–Trinajstić information content (AvgIpc) is 2.56. The number of nitrogens with one attached hydrogen (secondary N) is 2. The van der Waals surface area contributed by atoms with Crippen molar-refractivity contribution in [3.05, 3.63) is 35.4 Å². The van der Waals surface area contributed by atoms with Gasteiger partial charge >= 0.3 is 0 Å². The van der Waals surface area contributed by atoms with Crippen molar-refractivity contribution >= 4 is 11.8 Å². The lowest BCUT2D eigenvalue weighted by Crippen LogP contribution is -2.46. The van der Waals surface area contributed by atoms with E-state index >= 15 is 0 Å². The highest BCUT2D eigenvalue weighted by Crippen LogP contribution is 2.10. The van der Waals surface area contributed by atoms with Crippen molar-refractivity contribution < 1.29 is 9.59 Å². The molecule has 5 nitrogen and oxygen atoms in total. The van der Waals surface area contributed by atoms with Crippen LogP contribution in [0.15, 0.2) is 24.3 Å². The van der Waals surface area contributed by atoms with Gasteiger partial charge in [0, 0.05) is 31.6 Å². The molecule has 0 saturated carbocycles. The second-order valence-corrected chi connectivity index (χ2v) is 6.35. The van der Waals surface area contributed by atoms with Crippen LogP contribution in [0.5, 0.6) is 0 Å². The molecule has 2 N–H and O–H groups in total. The van der Waals surface area contributed by atoms with Crippen LogP contribution in [0.2, 0.25) is 0 Å². The number of carbonyl (C=O) groups excluding carboxylic acids is 2. The van der Waals surface area contributed by atoms with Crippen molar-refractivity contribution in [3.8, 4) is 0 Å². The third kappa shape index (κ3) is 6.32. The first-order valence-electron chi connectivity index (χ1n) is 8.74. The summed E-state index contributed by atoms with van der Waals surface area (Å²) in [7, 11) is 0. The van der Waals surface area contributed by atoms with Crippen LogP contribution in [0.3, 0.4) is 0 Å². The molecule has 0 aliphatic carbocycles. The van der Waals surface area contributed by atoms with Gasteiger partial charge in [-0.3, -0.25) is 14.5 Å². The molecule has 1 unspecified atom stereocenters. The maximum absolute atomic E-state index is 12.3. The summed E-state index contributed by atoms with van der Waals surface area (Å²) in [5.74, 6) is 0.358. The summed E-state index contributed by atoms with van der Waals surface area (Å²) >= 11 is 0. The maximum Gasteiger partial charge on any atom is 0.251 e. The molecule has 0 saturated heterocycles. The number of likely N-dealkylation sites (N-methyl/N-ethyl adjacent to an activating group) is 1. The zero-order valence-electron chi connectivity index (χ0n) is 15.6. The van der Waals surface area contributed by atoms with Gasteiger partial charge < -0.3 is 10.6 Å². The number of carbonyl (C=O) groups is 2. The first kappa shape index (κ1) is 20.2. The molecule has 134 valence electrons. The van der Waals surface area contributed by atoms with Crippen LogP contribution in [0, 0.1) is 5.92 Å². The molecular weight excluding hydrogens is 302 g/mol. The summed E-state index contributed by atoms with van der Waals surface area (Å²) in [5.41, 5.74) is 1.62. The molecular formula is C19H31N3O2. The van der Waals surface area contributed by atoms with Gasteiger partial charge in [-0.05, 0) is 36.7 Å². The van der Waals surface area contributed by atoms with E-state index in [2.05, 4.69) is 43.2 Å². The summed E-state index contributed by atoms with van der Waals surface area (Å²) in [5, 5.41) is 5.79. The first-order chi connectivity index (χ1) is 11.4. The van der Waals surface area contributed by atoms with Crippen molar-refractivity contribution in [2.24, 2.45) is 5.92 Å². The molecule has 0 heterocycles. The fourth-order valence-electron chi connectivity index (χ4n) is 2.78. The molecule has 0 aliphatic heterocycles. The normalized spacial score (nSPS) is 12.3. The molecule has 1 atom stereocenters. The van der Waals surface area contributed by atoms with Crippen LogP contribution in [-0.4, -0.2) is 42.4 Å². The zero-order valence-corrected chi connectivity index (χ0v) is 15.6. The topological polar surface area (TPSA) is 61.4 Å². The molecule has 1 aromatic rings. The van der Waals surface area contributed by atoms with Crippen LogP contribution in [0.1, 0.15) is 50.5 Å². The maximum atomic E-state index is 12.3. The molecule has 0 bridgehead atoms. The minimum absolute atomic E-state index is 0.0566. The van der Waals surface area contributed by atoms with Gasteiger partial charge in [-0.2, -0.15) is 0 Å². The van der Waals surface area contributed by atoms with Crippen LogP contribution >= 0.6 is 0 Å². The Morgan fingerprint density at radius 2 is 1.62 bits per heavy atom. The Morgan fingerprint density at radius 3 is 2.08 bits per heavy atom. The summed E-state index contributed by atoms with van der Waals surface area (Å²) in [4.78, 5) is 25.6. The Hall–Kier alpha value is -1.88. The largest absolute Gasteiger partial charge is 0.352 e. The van der Waals surface area contributed by atoms with Gasteiger partial charge in [-0.15, -0.1) is 0 Å². The van der Waals surface area contributed by atoms with Crippen molar-refractivity contribution in [1.82, 2.24) is 15.5 Å². The molecule has 0 radical (unpaired) electrons. The van der Waals surface area contributed by atoms with E-state index in [0.717, 1.165) is 18.7 Å². The Morgan fingerprint density at radius 1 is 1.04 bits per heavy atom. The highest BCUT2D eigenvalue weighted by atomic mass is 16.2. The lowest BCUT2D eigenvalue weighted by Gasteiger charge is -2.32. The van der Waals surface area contributed by atoms with E-state index in [1.54, 1.807) is 12.1 Å². The Labute approximate surface area is 145 Å². The quantitative estimate of drug-likeness (QED) is 0.729. The van der Waals surface area contributed by atoms with Crippen LogP contribution in [0.4, 0.5) is 0 Å². The number of amides is 2. The van der Waals surface area contributed by atoms with Crippen LogP contribution < -0.4 is 10.6 Å². The number of hydrogen-bond acceptors (Lipinski definition) is 3. The van der Waals surface area contributed by atoms with Crippen LogP contribution in [0.25, 0.3) is 0 Å². The first-order valence-corrected chi connectivity index (χ1v) is 8.74. The second kappa shape index (κ2) is 10.1. The predicted molar refractivity (Wildman–Crippen MR) is 97.8 cm³/mol. The average molecular weight is 333 g/mol. The van der Waals surface area contributed by atoms with E-state index in [1.165, 1.54) is 6.92 Å². The standard InChI is InChI=1S/C19H31N3O2/c1-6-22(7-2)18(14(3)4)13-21-19(24)17-10-8-16(9-11-17)12-20-15(5)23/h8-11,14,18H,6-7,12-13H2,1-5H3,(H,20,23)(H,21,24). The Bertz CT molecular complexity index is 522. The van der Waals surface area contributed by atoms with Crippen molar-refractivity contribution in [1.29, 1.82) is 0 Å². The van der Waals surface area contributed by atoms with E-state index in [0.29, 0.717) is 30.6 Å². The molecule has 0 aromatic heterocycles. The predicted octanol–water partition coefficient (Wildman–Crippen LogP) is 2.42. The number of hydrogen-bond donors (Lipinski definition) is 2. The summed E-state index contributed by atoms with van der Waals surface area (Å²) in [6.45, 7) is 13.2. The summed E-state index contributed by atoms with van der Waals surface area (Å²) in [6, 6.07) is 7.68. The van der Waals surface area contributed by atoms with Gasteiger partial charge in [0.15, 0.2) is 0 Å². The molecule has 2 amide bonds. The fourth-order valence-corrected chi connectivity index (χ4v) is 2.78. The van der Waals surface area contributed by atoms with Crippen LogP contribution in [-0.2, 0) is 11.3 Å². The minimum atomic E-state index is -0.0621. The number of benzene rings is 1.